The molecule has 112 valence electrons. The zero-order valence-electron chi connectivity index (χ0n) is 12.3. The first kappa shape index (κ1) is 15.6. The number of nitrogens with two attached hydrogens (primary N) is 1. The highest BCUT2D eigenvalue weighted by atomic mass is 19.2. The molecule has 1 unspecified atom stereocenters. The number of hydrogen-bond acceptors (Lipinski definition) is 2. The van der Waals surface area contributed by atoms with E-state index in [4.69, 9.17) is 5.73 Å². The second-order valence-electron chi connectivity index (χ2n) is 5.30. The molecule has 21 heavy (non-hydrogen) atoms. The highest BCUT2D eigenvalue weighted by molar-refractivity contribution is 5.24. The van der Waals surface area contributed by atoms with Crippen molar-refractivity contribution in [3.8, 4) is 0 Å². The molecule has 2 nitrogen and oxygen atoms in total. The summed E-state index contributed by atoms with van der Waals surface area (Å²) < 4.78 is 27.3. The van der Waals surface area contributed by atoms with Crippen molar-refractivity contribution in [1.29, 1.82) is 0 Å². The van der Waals surface area contributed by atoms with Crippen molar-refractivity contribution < 1.29 is 8.78 Å². The maximum atomic E-state index is 13.9. The van der Waals surface area contributed by atoms with Gasteiger partial charge in [-0.25, -0.2) is 8.78 Å². The number of nitrogens with zero attached hydrogens (tertiary/aromatic N) is 1. The average molecular weight is 290 g/mol. The summed E-state index contributed by atoms with van der Waals surface area (Å²) in [6, 6.07) is 12.0. The predicted molar refractivity (Wildman–Crippen MR) is 80.8 cm³/mol. The van der Waals surface area contributed by atoms with Crippen molar-refractivity contribution in [2.75, 3.05) is 13.6 Å². The van der Waals surface area contributed by atoms with Crippen molar-refractivity contribution in [2.45, 2.75) is 19.5 Å². The van der Waals surface area contributed by atoms with Crippen LogP contribution in [-0.2, 0) is 6.54 Å². The lowest BCUT2D eigenvalue weighted by atomic mass is 10.0. The van der Waals surface area contributed by atoms with E-state index >= 15 is 0 Å². The van der Waals surface area contributed by atoms with Gasteiger partial charge in [0.05, 0.1) is 6.04 Å². The Morgan fingerprint density at radius 1 is 1.10 bits per heavy atom. The molecule has 2 aromatic rings. The van der Waals surface area contributed by atoms with Crippen LogP contribution < -0.4 is 5.73 Å². The third-order valence-corrected chi connectivity index (χ3v) is 3.65. The molecule has 0 heterocycles. The van der Waals surface area contributed by atoms with Crippen molar-refractivity contribution in [3.63, 3.8) is 0 Å². The van der Waals surface area contributed by atoms with Crippen LogP contribution in [0.4, 0.5) is 8.78 Å². The molecule has 0 saturated heterocycles. The molecule has 2 aromatic carbocycles. The van der Waals surface area contributed by atoms with Crippen molar-refractivity contribution >= 4 is 0 Å². The first-order chi connectivity index (χ1) is 10.0. The lowest BCUT2D eigenvalue weighted by Crippen LogP contribution is -2.31. The first-order valence-electron chi connectivity index (χ1n) is 6.92. The SMILES string of the molecule is Cc1ccc(CN(C)C(CN)c2cccc(F)c2F)cc1. The fraction of sp³-hybridized carbons (Fsp3) is 0.294. The van der Waals surface area contributed by atoms with Gasteiger partial charge in [0.25, 0.3) is 0 Å². The molecule has 4 heteroatoms. The Bertz CT molecular complexity index is 596. The van der Waals surface area contributed by atoms with E-state index in [0.717, 1.165) is 11.6 Å². The Kier molecular flexibility index (Phi) is 5.04. The van der Waals surface area contributed by atoms with Gasteiger partial charge < -0.3 is 5.73 Å². The quantitative estimate of drug-likeness (QED) is 0.914. The minimum atomic E-state index is -0.838. The Morgan fingerprint density at radius 2 is 1.76 bits per heavy atom. The van der Waals surface area contributed by atoms with Crippen LogP contribution in [0.25, 0.3) is 0 Å². The van der Waals surface area contributed by atoms with Gasteiger partial charge in [0.1, 0.15) is 0 Å². The van der Waals surface area contributed by atoms with Gasteiger partial charge >= 0.3 is 0 Å². The van der Waals surface area contributed by atoms with Crippen molar-refractivity contribution in [2.24, 2.45) is 5.73 Å². The van der Waals surface area contributed by atoms with Crippen LogP contribution in [0.3, 0.4) is 0 Å². The summed E-state index contributed by atoms with van der Waals surface area (Å²) in [7, 11) is 1.86. The molecule has 0 aromatic heterocycles. The van der Waals surface area contributed by atoms with Gasteiger partial charge in [0, 0.05) is 18.7 Å². The summed E-state index contributed by atoms with van der Waals surface area (Å²) in [4.78, 5) is 1.93. The second kappa shape index (κ2) is 6.78. The molecule has 0 amide bonds. The summed E-state index contributed by atoms with van der Waals surface area (Å²) in [5.74, 6) is -1.65. The first-order valence-corrected chi connectivity index (χ1v) is 6.92. The zero-order valence-corrected chi connectivity index (χ0v) is 12.3. The zero-order chi connectivity index (χ0) is 15.4. The van der Waals surface area contributed by atoms with Crippen LogP contribution in [0.15, 0.2) is 42.5 Å². The number of halogens is 2. The van der Waals surface area contributed by atoms with Gasteiger partial charge in [0.15, 0.2) is 11.6 Å². The van der Waals surface area contributed by atoms with E-state index in [1.807, 2.05) is 43.1 Å². The Balaban J connectivity index is 2.20. The van der Waals surface area contributed by atoms with E-state index in [1.54, 1.807) is 6.07 Å². The third kappa shape index (κ3) is 3.65. The van der Waals surface area contributed by atoms with Gasteiger partial charge in [-0.3, -0.25) is 4.90 Å². The molecular formula is C17H20F2N2. The summed E-state index contributed by atoms with van der Waals surface area (Å²) in [5, 5.41) is 0. The minimum absolute atomic E-state index is 0.225. The smallest absolute Gasteiger partial charge is 0.163 e. The lowest BCUT2D eigenvalue weighted by molar-refractivity contribution is 0.235. The maximum Gasteiger partial charge on any atom is 0.163 e. The molecule has 0 radical (unpaired) electrons. The molecule has 0 aliphatic rings. The van der Waals surface area contributed by atoms with Gasteiger partial charge in [0.2, 0.25) is 0 Å². The fourth-order valence-electron chi connectivity index (χ4n) is 2.41. The molecule has 0 aliphatic carbocycles. The highest BCUT2D eigenvalue weighted by Crippen LogP contribution is 2.24. The molecule has 1 atom stereocenters. The molecule has 0 saturated carbocycles. The number of likely N-dealkylation sites (N-methyl/N-ethyl adjacent to an activating group) is 1. The van der Waals surface area contributed by atoms with Crippen LogP contribution in [0.2, 0.25) is 0 Å². The molecule has 0 fully saturated rings. The summed E-state index contributed by atoms with van der Waals surface area (Å²) in [6.45, 7) is 2.87. The van der Waals surface area contributed by atoms with Gasteiger partial charge in [-0.15, -0.1) is 0 Å². The third-order valence-electron chi connectivity index (χ3n) is 3.65. The topological polar surface area (TPSA) is 29.3 Å². The largest absolute Gasteiger partial charge is 0.329 e. The number of hydrogen-bond donors (Lipinski definition) is 1. The second-order valence-corrected chi connectivity index (χ2v) is 5.30. The highest BCUT2D eigenvalue weighted by Gasteiger charge is 2.21. The van der Waals surface area contributed by atoms with Gasteiger partial charge in [-0.1, -0.05) is 42.0 Å². The maximum absolute atomic E-state index is 13.9. The van der Waals surface area contributed by atoms with Crippen LogP contribution in [0.5, 0.6) is 0 Å². The van der Waals surface area contributed by atoms with E-state index in [-0.39, 0.29) is 12.6 Å². The van der Waals surface area contributed by atoms with E-state index in [2.05, 4.69) is 0 Å². The number of aryl methyl sites for hydroxylation is 1. The monoisotopic (exact) mass is 290 g/mol. The van der Waals surface area contributed by atoms with Crippen LogP contribution in [0, 0.1) is 18.6 Å². The summed E-state index contributed by atoms with van der Waals surface area (Å²) >= 11 is 0. The van der Waals surface area contributed by atoms with E-state index in [0.29, 0.717) is 12.1 Å². The standard InChI is InChI=1S/C17H20F2N2/c1-12-6-8-13(9-7-12)11-21(2)16(10-20)14-4-3-5-15(18)17(14)19/h3-9,16H,10-11,20H2,1-2H3. The Labute approximate surface area is 124 Å². The van der Waals surface area contributed by atoms with E-state index in [1.165, 1.54) is 11.6 Å². The van der Waals surface area contributed by atoms with Crippen molar-refractivity contribution in [3.05, 3.63) is 70.8 Å². The molecule has 0 bridgehead atoms. The molecule has 0 spiro atoms. The van der Waals surface area contributed by atoms with Crippen LogP contribution in [0.1, 0.15) is 22.7 Å². The number of benzene rings is 2. The minimum Gasteiger partial charge on any atom is -0.329 e. The van der Waals surface area contributed by atoms with E-state index in [9.17, 15) is 8.78 Å². The molecular weight excluding hydrogens is 270 g/mol. The summed E-state index contributed by atoms with van der Waals surface area (Å²) in [5.41, 5.74) is 8.37. The average Bonchev–Trinajstić information content (AvgIpc) is 2.47. The Morgan fingerprint density at radius 3 is 2.38 bits per heavy atom. The van der Waals surface area contributed by atoms with Crippen LogP contribution >= 0.6 is 0 Å². The normalized spacial score (nSPS) is 12.7. The number of rotatable bonds is 5. The fourth-order valence-corrected chi connectivity index (χ4v) is 2.41. The van der Waals surface area contributed by atoms with E-state index < -0.39 is 11.6 Å². The summed E-state index contributed by atoms with van der Waals surface area (Å²) in [6.07, 6.45) is 0. The molecule has 2 rings (SSSR count). The lowest BCUT2D eigenvalue weighted by Gasteiger charge is -2.27. The predicted octanol–water partition coefficient (Wildman–Crippen LogP) is 3.41. The van der Waals surface area contributed by atoms with Crippen molar-refractivity contribution in [1.82, 2.24) is 4.90 Å². The van der Waals surface area contributed by atoms with Gasteiger partial charge in [-0.05, 0) is 25.6 Å². The van der Waals surface area contributed by atoms with Crippen LogP contribution in [-0.4, -0.2) is 18.5 Å². The molecule has 0 aliphatic heterocycles. The van der Waals surface area contributed by atoms with Gasteiger partial charge in [-0.2, -0.15) is 0 Å². The molecule has 2 N–H and O–H groups in total. The Hall–Kier alpha value is -1.78.